The van der Waals surface area contributed by atoms with E-state index in [1.807, 2.05) is 47.2 Å². The Morgan fingerprint density at radius 2 is 1.74 bits per heavy atom. The number of rotatable bonds is 18. The van der Waals surface area contributed by atoms with Crippen LogP contribution in [0.2, 0.25) is 0 Å². The summed E-state index contributed by atoms with van der Waals surface area (Å²) < 4.78 is 31.2. The van der Waals surface area contributed by atoms with Gasteiger partial charge in [-0.1, -0.05) is 51.1 Å². The lowest BCUT2D eigenvalue weighted by molar-refractivity contribution is -0.139. The molecule has 1 aromatic heterocycles. The van der Waals surface area contributed by atoms with Gasteiger partial charge in [0.25, 0.3) is 0 Å². The molecular formula is C41H53F2N7O6S. The molecule has 13 nitrogen and oxygen atoms in total. The number of amides is 4. The molecule has 0 radical (unpaired) electrons. The maximum Gasteiger partial charge on any atom is 0.321 e. The Kier molecular flexibility index (Phi) is 14.6. The SMILES string of the molecule is CC(C)(C)[C@@H](NCC[C@H](N)C(=O)N[C@H]1CC[C@@H](C(=O)NCCN2C(=O)CC(SC[C@H](N)C(=O)O)C2=O)C1)c1cc(-c2cc(F)ccc2F)cn1Cc1ccccc1. The predicted octanol–water partition coefficient (Wildman–Crippen LogP) is 3.55. The number of likely N-dealkylation sites (tertiary alicyclic amines) is 1. The van der Waals surface area contributed by atoms with E-state index in [0.717, 1.165) is 40.1 Å². The fourth-order valence-electron chi connectivity index (χ4n) is 7.33. The largest absolute Gasteiger partial charge is 0.480 e. The molecule has 1 unspecified atom stereocenters. The molecule has 0 bridgehead atoms. The standard InChI is InChI=1S/C41H53F2N7O6S/c1-41(2,3)36(33-18-26(29-19-27(42)10-12-30(29)43)22-49(33)21-24-7-5-4-6-8-24)46-14-13-31(44)38(53)48-28-11-9-25(17-28)37(52)47-15-16-50-35(51)20-34(39(50)54)57-23-32(45)40(55)56/h4-8,10,12,18-19,22,25,28,31-32,34,36,46H,9,11,13-17,20-21,23,44-45H2,1-3H3,(H,47,52)(H,48,53)(H,55,56)/t25-,28+,31+,32+,34?,36+/m1/s1. The summed E-state index contributed by atoms with van der Waals surface area (Å²) in [4.78, 5) is 63.3. The van der Waals surface area contributed by atoms with E-state index in [2.05, 4.69) is 36.7 Å². The Hall–Kier alpha value is -4.64. The number of halogens is 2. The third kappa shape index (κ3) is 11.5. The van der Waals surface area contributed by atoms with Gasteiger partial charge in [-0.15, -0.1) is 11.8 Å². The second-order valence-corrected chi connectivity index (χ2v) is 17.1. The van der Waals surface area contributed by atoms with Gasteiger partial charge in [0, 0.05) is 66.8 Å². The topological polar surface area (TPSA) is 202 Å². The van der Waals surface area contributed by atoms with Crippen LogP contribution in [0, 0.1) is 23.0 Å². The van der Waals surface area contributed by atoms with Crippen molar-refractivity contribution in [2.24, 2.45) is 22.8 Å². The van der Waals surface area contributed by atoms with E-state index in [0.29, 0.717) is 44.3 Å². The fourth-order valence-corrected chi connectivity index (χ4v) is 8.44. The molecule has 308 valence electrons. The number of aromatic nitrogens is 1. The van der Waals surface area contributed by atoms with Crippen molar-refractivity contribution in [1.82, 2.24) is 25.4 Å². The van der Waals surface area contributed by atoms with Crippen molar-refractivity contribution in [2.75, 3.05) is 25.4 Å². The maximum atomic E-state index is 14.9. The molecule has 3 aromatic rings. The van der Waals surface area contributed by atoms with Gasteiger partial charge >= 0.3 is 5.97 Å². The quantitative estimate of drug-likeness (QED) is 0.103. The van der Waals surface area contributed by atoms with Gasteiger partial charge in [0.2, 0.25) is 23.6 Å². The van der Waals surface area contributed by atoms with Gasteiger partial charge in [0.1, 0.15) is 17.7 Å². The average molecular weight is 810 g/mol. The van der Waals surface area contributed by atoms with Crippen LogP contribution in [0.3, 0.4) is 0 Å². The van der Waals surface area contributed by atoms with Crippen LogP contribution in [-0.2, 0) is 30.5 Å². The van der Waals surface area contributed by atoms with E-state index in [4.69, 9.17) is 16.6 Å². The number of carboxylic acids is 1. The van der Waals surface area contributed by atoms with Gasteiger partial charge < -0.3 is 37.1 Å². The number of nitrogens with one attached hydrogen (secondary N) is 3. The Morgan fingerprint density at radius 1 is 1.00 bits per heavy atom. The number of thioether (sulfide) groups is 1. The first kappa shape index (κ1) is 43.5. The minimum Gasteiger partial charge on any atom is -0.480 e. The molecule has 5 rings (SSSR count). The van der Waals surface area contributed by atoms with Crippen molar-refractivity contribution >= 4 is 41.4 Å². The van der Waals surface area contributed by atoms with Crippen molar-refractivity contribution in [3.05, 3.63) is 83.7 Å². The number of carbonyl (C=O) groups excluding carboxylic acids is 4. The van der Waals surface area contributed by atoms with E-state index in [9.17, 15) is 32.8 Å². The van der Waals surface area contributed by atoms with E-state index in [1.54, 1.807) is 0 Å². The van der Waals surface area contributed by atoms with Gasteiger partial charge in [0.05, 0.1) is 17.3 Å². The lowest BCUT2D eigenvalue weighted by atomic mass is 9.84. The molecule has 2 heterocycles. The van der Waals surface area contributed by atoms with Crippen molar-refractivity contribution in [3.8, 4) is 11.1 Å². The number of aliphatic carboxylic acids is 1. The van der Waals surface area contributed by atoms with Crippen molar-refractivity contribution in [3.63, 3.8) is 0 Å². The number of hydrogen-bond donors (Lipinski definition) is 6. The number of carboxylic acid groups (broad SMARTS) is 1. The molecule has 57 heavy (non-hydrogen) atoms. The van der Waals surface area contributed by atoms with Crippen molar-refractivity contribution in [1.29, 1.82) is 0 Å². The Bertz CT molecular complexity index is 1920. The summed E-state index contributed by atoms with van der Waals surface area (Å²) in [7, 11) is 0. The minimum absolute atomic E-state index is 0.00155. The number of imide groups is 1. The highest BCUT2D eigenvalue weighted by atomic mass is 32.2. The summed E-state index contributed by atoms with van der Waals surface area (Å²) in [5, 5.41) is 17.6. The molecule has 2 aromatic carbocycles. The number of nitrogens with zero attached hydrogens (tertiary/aromatic N) is 2. The van der Waals surface area contributed by atoms with Gasteiger partial charge in [-0.25, -0.2) is 8.78 Å². The lowest BCUT2D eigenvalue weighted by Crippen LogP contribution is -2.46. The van der Waals surface area contributed by atoms with Gasteiger partial charge in [-0.05, 0) is 67.5 Å². The fraction of sp³-hybridized carbons (Fsp3) is 0.488. The second kappa shape index (κ2) is 19.2. The molecule has 0 spiro atoms. The number of carbonyl (C=O) groups is 5. The Balaban J connectivity index is 1.11. The Morgan fingerprint density at radius 3 is 2.44 bits per heavy atom. The van der Waals surface area contributed by atoms with Gasteiger partial charge in [-0.3, -0.25) is 28.9 Å². The van der Waals surface area contributed by atoms with Crippen LogP contribution < -0.4 is 27.4 Å². The molecule has 6 atom stereocenters. The molecule has 8 N–H and O–H groups in total. The molecule has 4 amide bonds. The summed E-state index contributed by atoms with van der Waals surface area (Å²) in [6.45, 7) is 7.22. The number of nitrogens with two attached hydrogens (primary N) is 2. The van der Waals surface area contributed by atoms with Gasteiger partial charge in [0.15, 0.2) is 0 Å². The highest BCUT2D eigenvalue weighted by molar-refractivity contribution is 8.00. The highest BCUT2D eigenvalue weighted by Crippen LogP contribution is 2.37. The molecule has 1 aliphatic carbocycles. The summed E-state index contributed by atoms with van der Waals surface area (Å²) in [6, 6.07) is 12.7. The third-order valence-corrected chi connectivity index (χ3v) is 11.8. The van der Waals surface area contributed by atoms with Crippen LogP contribution in [0.25, 0.3) is 11.1 Å². The van der Waals surface area contributed by atoms with Crippen LogP contribution in [0.4, 0.5) is 8.78 Å². The zero-order valence-electron chi connectivity index (χ0n) is 32.5. The molecule has 16 heteroatoms. The summed E-state index contributed by atoms with van der Waals surface area (Å²) >= 11 is 1.04. The molecular weight excluding hydrogens is 757 g/mol. The van der Waals surface area contributed by atoms with Crippen LogP contribution in [0.1, 0.15) is 70.2 Å². The van der Waals surface area contributed by atoms with Crippen LogP contribution in [0.15, 0.2) is 60.8 Å². The lowest BCUT2D eigenvalue weighted by Gasteiger charge is -2.33. The molecule has 2 aliphatic rings. The molecule has 1 saturated heterocycles. The van der Waals surface area contributed by atoms with E-state index in [-0.39, 0.29) is 72.0 Å². The molecule has 2 fully saturated rings. The molecule has 1 aliphatic heterocycles. The normalized spacial score (nSPS) is 20.1. The van der Waals surface area contributed by atoms with E-state index >= 15 is 0 Å². The van der Waals surface area contributed by atoms with Crippen LogP contribution >= 0.6 is 11.8 Å². The maximum absolute atomic E-state index is 14.9. The first-order chi connectivity index (χ1) is 27.0. The third-order valence-electron chi connectivity index (χ3n) is 10.4. The smallest absolute Gasteiger partial charge is 0.321 e. The predicted molar refractivity (Wildman–Crippen MR) is 214 cm³/mol. The minimum atomic E-state index is -1.18. The van der Waals surface area contributed by atoms with Crippen LogP contribution in [-0.4, -0.2) is 92.9 Å². The summed E-state index contributed by atoms with van der Waals surface area (Å²) in [6.07, 6.45) is 3.67. The van der Waals surface area contributed by atoms with Gasteiger partial charge in [-0.2, -0.15) is 0 Å². The first-order valence-electron chi connectivity index (χ1n) is 19.2. The van der Waals surface area contributed by atoms with Crippen molar-refractivity contribution in [2.45, 2.75) is 88.8 Å². The molecule has 1 saturated carbocycles. The summed E-state index contributed by atoms with van der Waals surface area (Å²) in [5.41, 5.74) is 14.2. The monoisotopic (exact) mass is 809 g/mol. The van der Waals surface area contributed by atoms with Crippen LogP contribution in [0.5, 0.6) is 0 Å². The Labute approximate surface area is 335 Å². The number of benzene rings is 2. The zero-order chi connectivity index (χ0) is 41.4. The average Bonchev–Trinajstić information content (AvgIpc) is 3.87. The van der Waals surface area contributed by atoms with E-state index < -0.39 is 40.8 Å². The second-order valence-electron chi connectivity index (χ2n) is 15.9. The number of hydrogen-bond acceptors (Lipinski definition) is 9. The zero-order valence-corrected chi connectivity index (χ0v) is 33.3. The first-order valence-corrected chi connectivity index (χ1v) is 20.3. The van der Waals surface area contributed by atoms with Crippen molar-refractivity contribution < 1.29 is 37.9 Å². The highest BCUT2D eigenvalue weighted by Gasteiger charge is 2.39. The van der Waals surface area contributed by atoms with E-state index in [1.165, 1.54) is 6.07 Å². The summed E-state index contributed by atoms with van der Waals surface area (Å²) in [5.74, 6) is -3.96.